The zero-order valence-corrected chi connectivity index (χ0v) is 18.8. The molecule has 6 heteroatoms. The summed E-state index contributed by atoms with van der Waals surface area (Å²) in [6.07, 6.45) is 1.74. The number of hydrogen-bond acceptors (Lipinski definition) is 4. The lowest BCUT2D eigenvalue weighted by Crippen LogP contribution is -2.47. The van der Waals surface area contributed by atoms with Crippen molar-refractivity contribution in [2.45, 2.75) is 6.92 Å². The molecule has 1 fully saturated rings. The van der Waals surface area contributed by atoms with Gasteiger partial charge in [-0.3, -0.25) is 4.79 Å². The maximum Gasteiger partial charge on any atom is 0.253 e. The Morgan fingerprint density at radius 3 is 2.48 bits per heavy atom. The quantitative estimate of drug-likeness (QED) is 0.453. The van der Waals surface area contributed by atoms with Crippen molar-refractivity contribution in [2.75, 3.05) is 33.2 Å². The first kappa shape index (κ1) is 20.9. The van der Waals surface area contributed by atoms with Gasteiger partial charge in [0.25, 0.3) is 5.91 Å². The number of aromatic nitrogens is 3. The molecule has 2 aromatic heterocycles. The van der Waals surface area contributed by atoms with Gasteiger partial charge in [0.15, 0.2) is 5.65 Å². The molecule has 1 amide bonds. The summed E-state index contributed by atoms with van der Waals surface area (Å²) in [6.45, 7) is 5.41. The first-order valence-electron chi connectivity index (χ1n) is 11.1. The van der Waals surface area contributed by atoms with E-state index < -0.39 is 0 Å². The van der Waals surface area contributed by atoms with Crippen molar-refractivity contribution >= 4 is 11.6 Å². The van der Waals surface area contributed by atoms with Gasteiger partial charge in [-0.25, -0.2) is 9.50 Å². The van der Waals surface area contributed by atoms with Crippen LogP contribution in [0.25, 0.3) is 16.9 Å². The highest BCUT2D eigenvalue weighted by Gasteiger charge is 2.20. The molecule has 0 bridgehead atoms. The van der Waals surface area contributed by atoms with E-state index in [9.17, 15) is 4.79 Å². The van der Waals surface area contributed by atoms with E-state index in [1.165, 1.54) is 5.56 Å². The van der Waals surface area contributed by atoms with Gasteiger partial charge < -0.3 is 9.80 Å². The van der Waals surface area contributed by atoms with E-state index in [4.69, 9.17) is 5.10 Å². The first-order valence-corrected chi connectivity index (χ1v) is 11.1. The topological polar surface area (TPSA) is 53.7 Å². The average molecular weight is 436 g/mol. The third-order valence-electron chi connectivity index (χ3n) is 5.93. The van der Waals surface area contributed by atoms with Gasteiger partial charge in [0.05, 0.1) is 11.9 Å². The fraction of sp³-hybridized carbons (Fsp3) is 0.222. The molecule has 33 heavy (non-hydrogen) atoms. The van der Waals surface area contributed by atoms with Crippen LogP contribution in [0.15, 0.2) is 66.9 Å². The number of nitrogens with zero attached hydrogens (tertiary/aromatic N) is 5. The molecule has 6 nitrogen and oxygen atoms in total. The predicted octanol–water partition coefficient (Wildman–Crippen LogP) is 3.49. The molecule has 0 atom stereocenters. The van der Waals surface area contributed by atoms with Crippen LogP contribution in [0.3, 0.4) is 0 Å². The highest BCUT2D eigenvalue weighted by Crippen LogP contribution is 2.20. The number of hydrogen-bond donors (Lipinski definition) is 0. The number of carbonyl (C=O) groups is 1. The fourth-order valence-corrected chi connectivity index (χ4v) is 3.95. The maximum atomic E-state index is 12.8. The fourth-order valence-electron chi connectivity index (χ4n) is 3.95. The average Bonchev–Trinajstić information content (AvgIpc) is 3.25. The molecule has 1 aliphatic heterocycles. The van der Waals surface area contributed by atoms with Crippen molar-refractivity contribution in [1.82, 2.24) is 24.4 Å². The Bertz CT molecular complexity index is 1370. The van der Waals surface area contributed by atoms with Crippen molar-refractivity contribution in [2.24, 2.45) is 0 Å². The molecule has 0 N–H and O–H groups in total. The normalized spacial score (nSPS) is 14.2. The summed E-state index contributed by atoms with van der Waals surface area (Å²) >= 11 is 0. The zero-order valence-electron chi connectivity index (χ0n) is 18.8. The third kappa shape index (κ3) is 4.50. The summed E-state index contributed by atoms with van der Waals surface area (Å²) < 4.78 is 1.77. The summed E-state index contributed by atoms with van der Waals surface area (Å²) in [5, 5.41) is 4.76. The number of imidazole rings is 1. The number of piperazine rings is 1. The highest BCUT2D eigenvalue weighted by molar-refractivity contribution is 5.94. The summed E-state index contributed by atoms with van der Waals surface area (Å²) in [4.78, 5) is 21.4. The van der Waals surface area contributed by atoms with E-state index in [2.05, 4.69) is 47.8 Å². The van der Waals surface area contributed by atoms with E-state index in [0.29, 0.717) is 5.56 Å². The summed E-state index contributed by atoms with van der Waals surface area (Å²) in [5.41, 5.74) is 6.06. The van der Waals surface area contributed by atoms with Crippen molar-refractivity contribution in [1.29, 1.82) is 0 Å². The van der Waals surface area contributed by atoms with Gasteiger partial charge in [0, 0.05) is 42.9 Å². The van der Waals surface area contributed by atoms with Crippen LogP contribution in [-0.4, -0.2) is 63.5 Å². The van der Waals surface area contributed by atoms with E-state index in [-0.39, 0.29) is 5.91 Å². The molecule has 0 unspecified atom stereocenters. The largest absolute Gasteiger partial charge is 0.336 e. The Morgan fingerprint density at radius 2 is 1.73 bits per heavy atom. The Balaban J connectivity index is 1.39. The van der Waals surface area contributed by atoms with Crippen molar-refractivity contribution in [3.63, 3.8) is 0 Å². The minimum Gasteiger partial charge on any atom is -0.336 e. The number of amides is 1. The zero-order chi connectivity index (χ0) is 22.8. The SMILES string of the molecule is Cc1cccc(C#Cc2cnc3ccc(-c4ccc(C(=O)N5CCN(C)CC5)cc4)nn23)c1. The van der Waals surface area contributed by atoms with Gasteiger partial charge in [-0.15, -0.1) is 0 Å². The number of aryl methyl sites for hydroxylation is 1. The lowest BCUT2D eigenvalue weighted by molar-refractivity contribution is 0.0664. The molecule has 5 rings (SSSR count). The molecule has 1 aliphatic rings. The Morgan fingerprint density at radius 1 is 0.939 bits per heavy atom. The summed E-state index contributed by atoms with van der Waals surface area (Å²) in [7, 11) is 2.08. The van der Waals surface area contributed by atoms with Crippen LogP contribution in [0.4, 0.5) is 0 Å². The van der Waals surface area contributed by atoms with Gasteiger partial charge in [-0.05, 0) is 61.9 Å². The van der Waals surface area contributed by atoms with E-state index in [1.807, 2.05) is 53.4 Å². The standard InChI is InChI=1S/C27H25N5O/c1-20-4-3-5-21(18-20)6-11-24-19-28-26-13-12-25(29-32(24)26)22-7-9-23(10-8-22)27(33)31-16-14-30(2)15-17-31/h3-5,7-10,12-13,18-19H,14-17H2,1-2H3. The van der Waals surface area contributed by atoms with E-state index >= 15 is 0 Å². The van der Waals surface area contributed by atoms with Crippen LogP contribution < -0.4 is 0 Å². The molecule has 1 saturated heterocycles. The van der Waals surface area contributed by atoms with Crippen LogP contribution in [0.2, 0.25) is 0 Å². The van der Waals surface area contributed by atoms with Crippen molar-refractivity contribution in [3.8, 4) is 23.1 Å². The van der Waals surface area contributed by atoms with Crippen LogP contribution >= 0.6 is 0 Å². The maximum absolute atomic E-state index is 12.8. The number of fused-ring (bicyclic) bond motifs is 1. The van der Waals surface area contributed by atoms with E-state index in [0.717, 1.165) is 54.3 Å². The second kappa shape index (κ2) is 8.89. The number of likely N-dealkylation sites (N-methyl/N-ethyl adjacent to an activating group) is 1. The van der Waals surface area contributed by atoms with E-state index in [1.54, 1.807) is 10.7 Å². The lowest BCUT2D eigenvalue weighted by atomic mass is 10.1. The van der Waals surface area contributed by atoms with Gasteiger partial charge in [0.2, 0.25) is 0 Å². The molecule has 0 saturated carbocycles. The highest BCUT2D eigenvalue weighted by atomic mass is 16.2. The van der Waals surface area contributed by atoms with Crippen LogP contribution in [0.5, 0.6) is 0 Å². The molecule has 0 radical (unpaired) electrons. The second-order valence-electron chi connectivity index (χ2n) is 8.42. The number of benzene rings is 2. The molecule has 0 spiro atoms. The molecule has 164 valence electrons. The monoisotopic (exact) mass is 435 g/mol. The minimum absolute atomic E-state index is 0.0846. The molecule has 4 aromatic rings. The Hall–Kier alpha value is -3.95. The lowest BCUT2D eigenvalue weighted by Gasteiger charge is -2.32. The van der Waals surface area contributed by atoms with Crippen LogP contribution in [0, 0.1) is 18.8 Å². The van der Waals surface area contributed by atoms with Gasteiger partial charge >= 0.3 is 0 Å². The molecular formula is C27H25N5O. The van der Waals surface area contributed by atoms with Gasteiger partial charge in [-0.1, -0.05) is 30.2 Å². The van der Waals surface area contributed by atoms with Gasteiger partial charge in [-0.2, -0.15) is 5.10 Å². The number of rotatable bonds is 2. The molecule has 3 heterocycles. The predicted molar refractivity (Wildman–Crippen MR) is 129 cm³/mol. The number of carbonyl (C=O) groups excluding carboxylic acids is 1. The van der Waals surface area contributed by atoms with Crippen LogP contribution in [0.1, 0.15) is 27.2 Å². The van der Waals surface area contributed by atoms with Crippen molar-refractivity contribution < 1.29 is 4.79 Å². The third-order valence-corrected chi connectivity index (χ3v) is 5.93. The van der Waals surface area contributed by atoms with Crippen molar-refractivity contribution in [3.05, 3.63) is 89.2 Å². The summed E-state index contributed by atoms with van der Waals surface area (Å²) in [6, 6.07) is 19.6. The summed E-state index contributed by atoms with van der Waals surface area (Å²) in [5.74, 6) is 6.47. The molecular weight excluding hydrogens is 410 g/mol. The Kier molecular flexibility index (Phi) is 5.64. The Labute approximate surface area is 193 Å². The minimum atomic E-state index is 0.0846. The molecule has 0 aliphatic carbocycles. The smallest absolute Gasteiger partial charge is 0.253 e. The first-order chi connectivity index (χ1) is 16.1. The van der Waals surface area contributed by atoms with Crippen LogP contribution in [-0.2, 0) is 0 Å². The van der Waals surface area contributed by atoms with Gasteiger partial charge in [0.1, 0.15) is 5.69 Å². The second-order valence-corrected chi connectivity index (χ2v) is 8.42. The molecule has 2 aromatic carbocycles.